The Morgan fingerprint density at radius 1 is 1.25 bits per heavy atom. The van der Waals surface area contributed by atoms with Gasteiger partial charge in [0.25, 0.3) is 5.69 Å². The average Bonchev–Trinajstić information content (AvgIpc) is 2.70. The van der Waals surface area contributed by atoms with Crippen molar-refractivity contribution in [1.29, 1.82) is 0 Å². The Hall–Kier alpha value is -3.26. The predicted octanol–water partition coefficient (Wildman–Crippen LogP) is 3.11. The maximum absolute atomic E-state index is 12.0. The van der Waals surface area contributed by atoms with Crippen LogP contribution in [-0.2, 0) is 4.79 Å². The molecular formula is C20H22N4O4. The number of hydrogen-bond donors (Lipinski definition) is 1. The third-order valence-corrected chi connectivity index (χ3v) is 4.49. The second-order valence-corrected chi connectivity index (χ2v) is 6.68. The van der Waals surface area contributed by atoms with Crippen molar-refractivity contribution in [3.8, 4) is 5.88 Å². The van der Waals surface area contributed by atoms with Gasteiger partial charge in [-0.3, -0.25) is 14.9 Å². The van der Waals surface area contributed by atoms with Crippen molar-refractivity contribution in [2.24, 2.45) is 0 Å². The summed E-state index contributed by atoms with van der Waals surface area (Å²) in [7, 11) is 2.10. The second kappa shape index (κ2) is 9.09. The monoisotopic (exact) mass is 382 g/mol. The zero-order chi connectivity index (χ0) is 19.9. The Labute approximate surface area is 163 Å². The van der Waals surface area contributed by atoms with Crippen molar-refractivity contribution < 1.29 is 14.5 Å². The number of nitro groups is 1. The number of piperidine rings is 1. The largest absolute Gasteiger partial charge is 0.474 e. The zero-order valence-electron chi connectivity index (χ0n) is 15.6. The molecule has 1 aromatic heterocycles. The van der Waals surface area contributed by atoms with Gasteiger partial charge in [0.1, 0.15) is 6.10 Å². The van der Waals surface area contributed by atoms with E-state index < -0.39 is 4.92 Å². The number of carbonyl (C=O) groups is 1. The first kappa shape index (κ1) is 19.5. The van der Waals surface area contributed by atoms with E-state index in [9.17, 15) is 14.9 Å². The number of nitrogens with one attached hydrogen (secondary N) is 1. The topological polar surface area (TPSA) is 97.6 Å². The van der Waals surface area contributed by atoms with Gasteiger partial charge in [-0.1, -0.05) is 0 Å². The molecule has 1 amide bonds. The molecule has 0 atom stereocenters. The Bertz CT molecular complexity index is 842. The molecule has 1 aliphatic heterocycles. The Kier molecular flexibility index (Phi) is 6.33. The Morgan fingerprint density at radius 3 is 2.57 bits per heavy atom. The van der Waals surface area contributed by atoms with Gasteiger partial charge in [0.15, 0.2) is 0 Å². The minimum Gasteiger partial charge on any atom is -0.474 e. The standard InChI is InChI=1S/C20H22N4O4/c1-23-12-10-18(11-13-23)28-20-9-5-16(14-21-20)22-19(25)8-4-15-2-6-17(7-3-15)24(26)27/h2-9,14,18H,10-13H2,1H3,(H,22,25)/b8-4+. The molecule has 2 heterocycles. The normalized spacial score (nSPS) is 15.5. The molecule has 0 bridgehead atoms. The summed E-state index contributed by atoms with van der Waals surface area (Å²) in [4.78, 5) is 28.7. The average molecular weight is 382 g/mol. The van der Waals surface area contributed by atoms with Crippen LogP contribution in [0.25, 0.3) is 6.08 Å². The number of amides is 1. The number of carbonyl (C=O) groups excluding carboxylic acids is 1. The summed E-state index contributed by atoms with van der Waals surface area (Å²) < 4.78 is 5.88. The molecule has 1 aromatic carbocycles. The van der Waals surface area contributed by atoms with Crippen molar-refractivity contribution in [3.63, 3.8) is 0 Å². The van der Waals surface area contributed by atoms with E-state index in [-0.39, 0.29) is 17.7 Å². The lowest BCUT2D eigenvalue weighted by Gasteiger charge is -2.28. The van der Waals surface area contributed by atoms with Crippen LogP contribution in [0.3, 0.4) is 0 Å². The van der Waals surface area contributed by atoms with Crippen molar-refractivity contribution in [2.45, 2.75) is 18.9 Å². The van der Waals surface area contributed by atoms with Crippen LogP contribution in [-0.4, -0.2) is 47.0 Å². The second-order valence-electron chi connectivity index (χ2n) is 6.68. The van der Waals surface area contributed by atoms with Crippen molar-refractivity contribution in [1.82, 2.24) is 9.88 Å². The predicted molar refractivity (Wildman–Crippen MR) is 106 cm³/mol. The van der Waals surface area contributed by atoms with E-state index in [1.165, 1.54) is 18.2 Å². The first-order chi connectivity index (χ1) is 13.5. The number of rotatable bonds is 6. The molecule has 28 heavy (non-hydrogen) atoms. The fourth-order valence-electron chi connectivity index (χ4n) is 2.86. The highest BCUT2D eigenvalue weighted by atomic mass is 16.6. The number of likely N-dealkylation sites (tertiary alicyclic amines) is 1. The third-order valence-electron chi connectivity index (χ3n) is 4.49. The molecule has 0 saturated carbocycles. The summed E-state index contributed by atoms with van der Waals surface area (Å²) in [5.41, 5.74) is 1.27. The fraction of sp³-hybridized carbons (Fsp3) is 0.300. The maximum atomic E-state index is 12.0. The van der Waals surface area contributed by atoms with E-state index in [0.29, 0.717) is 17.1 Å². The highest BCUT2D eigenvalue weighted by Gasteiger charge is 2.18. The van der Waals surface area contributed by atoms with E-state index in [1.54, 1.807) is 36.5 Å². The van der Waals surface area contributed by atoms with Gasteiger partial charge in [-0.15, -0.1) is 0 Å². The van der Waals surface area contributed by atoms with Gasteiger partial charge in [-0.25, -0.2) is 4.98 Å². The number of ether oxygens (including phenoxy) is 1. The molecule has 1 fully saturated rings. The molecule has 1 aliphatic rings. The SMILES string of the molecule is CN1CCC(Oc2ccc(NC(=O)/C=C/c3ccc([N+](=O)[O-])cc3)cn2)CC1. The van der Waals surface area contributed by atoms with Crippen LogP contribution in [0.5, 0.6) is 5.88 Å². The molecule has 0 radical (unpaired) electrons. The molecule has 0 unspecified atom stereocenters. The summed E-state index contributed by atoms with van der Waals surface area (Å²) >= 11 is 0. The number of hydrogen-bond acceptors (Lipinski definition) is 6. The van der Waals surface area contributed by atoms with Crippen LogP contribution >= 0.6 is 0 Å². The molecule has 3 rings (SSSR count). The van der Waals surface area contributed by atoms with Gasteiger partial charge in [0, 0.05) is 37.4 Å². The van der Waals surface area contributed by atoms with E-state index in [1.807, 2.05) is 0 Å². The number of nitrogens with zero attached hydrogens (tertiary/aromatic N) is 3. The van der Waals surface area contributed by atoms with Gasteiger partial charge in [0.05, 0.1) is 16.8 Å². The quantitative estimate of drug-likeness (QED) is 0.468. The molecule has 2 aromatic rings. The molecule has 146 valence electrons. The van der Waals surface area contributed by atoms with Gasteiger partial charge >= 0.3 is 0 Å². The van der Waals surface area contributed by atoms with Crippen LogP contribution in [0.4, 0.5) is 11.4 Å². The molecule has 8 heteroatoms. The van der Waals surface area contributed by atoms with Gasteiger partial charge < -0.3 is 15.0 Å². The Balaban J connectivity index is 1.50. The summed E-state index contributed by atoms with van der Waals surface area (Å²) in [6, 6.07) is 9.44. The van der Waals surface area contributed by atoms with Crippen molar-refractivity contribution >= 4 is 23.4 Å². The highest BCUT2D eigenvalue weighted by molar-refractivity contribution is 6.01. The molecule has 8 nitrogen and oxygen atoms in total. The van der Waals surface area contributed by atoms with Gasteiger partial charge in [-0.2, -0.15) is 0 Å². The lowest BCUT2D eigenvalue weighted by molar-refractivity contribution is -0.384. The number of benzene rings is 1. The van der Waals surface area contributed by atoms with E-state index in [2.05, 4.69) is 22.2 Å². The highest BCUT2D eigenvalue weighted by Crippen LogP contribution is 2.18. The molecular weight excluding hydrogens is 360 g/mol. The Morgan fingerprint density at radius 2 is 1.96 bits per heavy atom. The lowest BCUT2D eigenvalue weighted by Crippen LogP contribution is -2.35. The molecule has 1 saturated heterocycles. The molecule has 0 aliphatic carbocycles. The summed E-state index contributed by atoms with van der Waals surface area (Å²) in [6.45, 7) is 2.03. The summed E-state index contributed by atoms with van der Waals surface area (Å²) in [5, 5.41) is 13.4. The molecule has 1 N–H and O–H groups in total. The van der Waals surface area contributed by atoms with Crippen molar-refractivity contribution in [2.75, 3.05) is 25.5 Å². The fourth-order valence-corrected chi connectivity index (χ4v) is 2.86. The van der Waals surface area contributed by atoms with E-state index >= 15 is 0 Å². The smallest absolute Gasteiger partial charge is 0.269 e. The van der Waals surface area contributed by atoms with Crippen LogP contribution in [0, 0.1) is 10.1 Å². The van der Waals surface area contributed by atoms with Crippen LogP contribution in [0.15, 0.2) is 48.7 Å². The molecule has 0 spiro atoms. The van der Waals surface area contributed by atoms with Gasteiger partial charge in [0.2, 0.25) is 11.8 Å². The third kappa shape index (κ3) is 5.62. The number of nitro benzene ring substituents is 1. The summed E-state index contributed by atoms with van der Waals surface area (Å²) in [5.74, 6) is 0.234. The number of non-ortho nitro benzene ring substituents is 1. The van der Waals surface area contributed by atoms with Crippen molar-refractivity contribution in [3.05, 3.63) is 64.3 Å². The first-order valence-electron chi connectivity index (χ1n) is 9.04. The number of pyridine rings is 1. The van der Waals surface area contributed by atoms with E-state index in [4.69, 9.17) is 4.74 Å². The minimum absolute atomic E-state index is 0.00947. The van der Waals surface area contributed by atoms with Gasteiger partial charge in [-0.05, 0) is 49.7 Å². The first-order valence-corrected chi connectivity index (χ1v) is 9.04. The lowest BCUT2D eigenvalue weighted by atomic mass is 10.1. The van der Waals surface area contributed by atoms with Crippen LogP contribution < -0.4 is 10.1 Å². The number of aromatic nitrogens is 1. The zero-order valence-corrected chi connectivity index (χ0v) is 15.6. The minimum atomic E-state index is -0.465. The van der Waals surface area contributed by atoms with E-state index in [0.717, 1.165) is 25.9 Å². The van der Waals surface area contributed by atoms with Crippen LogP contribution in [0.1, 0.15) is 18.4 Å². The number of anilines is 1. The summed E-state index contributed by atoms with van der Waals surface area (Å²) in [6.07, 6.45) is 6.64. The maximum Gasteiger partial charge on any atom is 0.269 e. The van der Waals surface area contributed by atoms with Crippen LogP contribution in [0.2, 0.25) is 0 Å².